The van der Waals surface area contributed by atoms with E-state index in [-0.39, 0.29) is 5.97 Å². The maximum atomic E-state index is 12.1. The van der Waals surface area contributed by atoms with Crippen molar-refractivity contribution < 1.29 is 19.0 Å². The van der Waals surface area contributed by atoms with Gasteiger partial charge in [0, 0.05) is 6.61 Å². The van der Waals surface area contributed by atoms with Crippen LogP contribution in [0.15, 0.2) is 0 Å². The number of ether oxygens (including phenoxy) is 3. The van der Waals surface area contributed by atoms with E-state index in [2.05, 4.69) is 12.2 Å². The molecule has 1 saturated carbocycles. The molecule has 1 N–H and O–H groups in total. The number of likely N-dealkylation sites (N-methyl/N-ethyl adjacent to an activating group) is 1. The van der Waals surface area contributed by atoms with E-state index in [0.717, 1.165) is 32.4 Å². The normalized spacial score (nSPS) is 18.1. The summed E-state index contributed by atoms with van der Waals surface area (Å²) in [7, 11) is 1.43. The van der Waals surface area contributed by atoms with Crippen LogP contribution in [0.1, 0.15) is 33.1 Å². The van der Waals surface area contributed by atoms with Crippen LogP contribution in [0.25, 0.3) is 0 Å². The monoisotopic (exact) mass is 273 g/mol. The fourth-order valence-corrected chi connectivity index (χ4v) is 2.28. The second-order valence-corrected chi connectivity index (χ2v) is 4.93. The topological polar surface area (TPSA) is 56.8 Å². The molecule has 1 rings (SSSR count). The molecule has 5 nitrogen and oxygen atoms in total. The van der Waals surface area contributed by atoms with Gasteiger partial charge in [0.1, 0.15) is 5.54 Å². The van der Waals surface area contributed by atoms with Gasteiger partial charge in [0.25, 0.3) is 0 Å². The molecule has 0 amide bonds. The molecule has 0 aromatic carbocycles. The first-order valence-corrected chi connectivity index (χ1v) is 7.20. The number of nitrogens with one attached hydrogen (secondary N) is 1. The van der Waals surface area contributed by atoms with E-state index in [1.165, 1.54) is 7.11 Å². The van der Waals surface area contributed by atoms with Gasteiger partial charge in [0.15, 0.2) is 0 Å². The lowest BCUT2D eigenvalue weighted by molar-refractivity contribution is -0.153. The van der Waals surface area contributed by atoms with E-state index in [1.54, 1.807) is 0 Å². The average Bonchev–Trinajstić information content (AvgIpc) is 3.25. The van der Waals surface area contributed by atoms with Gasteiger partial charge in [-0.3, -0.25) is 5.32 Å². The Kier molecular flexibility index (Phi) is 7.34. The highest BCUT2D eigenvalue weighted by molar-refractivity contribution is 5.82. The molecule has 0 aliphatic heterocycles. The Morgan fingerprint density at radius 1 is 1.21 bits per heavy atom. The summed E-state index contributed by atoms with van der Waals surface area (Å²) >= 11 is 0. The second kappa shape index (κ2) is 8.51. The zero-order valence-corrected chi connectivity index (χ0v) is 12.4. The Morgan fingerprint density at radius 2 is 1.89 bits per heavy atom. The molecule has 0 aromatic rings. The fraction of sp³-hybridized carbons (Fsp3) is 0.929. The standard InChI is InChI=1S/C14H27NO4/c1-4-8-18-9-10-19-11-14(15-5-2,12-6-7-12)13(16)17-3/h12,15H,4-11H2,1-3H3. The van der Waals surface area contributed by atoms with Crippen molar-refractivity contribution in [3.8, 4) is 0 Å². The van der Waals surface area contributed by atoms with Crippen LogP contribution in [-0.4, -0.2) is 51.6 Å². The fourth-order valence-electron chi connectivity index (χ4n) is 2.28. The molecule has 0 spiro atoms. The summed E-state index contributed by atoms with van der Waals surface area (Å²) in [6, 6.07) is 0. The molecule has 112 valence electrons. The molecule has 0 heterocycles. The average molecular weight is 273 g/mol. The van der Waals surface area contributed by atoms with Crippen molar-refractivity contribution >= 4 is 5.97 Å². The number of carbonyl (C=O) groups excluding carboxylic acids is 1. The van der Waals surface area contributed by atoms with Gasteiger partial charge in [0.2, 0.25) is 0 Å². The largest absolute Gasteiger partial charge is 0.468 e. The summed E-state index contributed by atoms with van der Waals surface area (Å²) < 4.78 is 15.9. The Balaban J connectivity index is 2.42. The predicted molar refractivity (Wildman–Crippen MR) is 73.1 cm³/mol. The van der Waals surface area contributed by atoms with Crippen molar-refractivity contribution in [1.82, 2.24) is 5.32 Å². The van der Waals surface area contributed by atoms with Crippen LogP contribution in [-0.2, 0) is 19.0 Å². The van der Waals surface area contributed by atoms with E-state index in [0.29, 0.717) is 25.7 Å². The van der Waals surface area contributed by atoms with Gasteiger partial charge in [-0.15, -0.1) is 0 Å². The third-order valence-corrected chi connectivity index (χ3v) is 3.37. The molecule has 0 radical (unpaired) electrons. The van der Waals surface area contributed by atoms with E-state index in [4.69, 9.17) is 14.2 Å². The SMILES string of the molecule is CCCOCCOCC(NCC)(C(=O)OC)C1CC1. The van der Waals surface area contributed by atoms with Gasteiger partial charge < -0.3 is 14.2 Å². The summed E-state index contributed by atoms with van der Waals surface area (Å²) in [5, 5.41) is 3.27. The Bertz CT molecular complexity index is 268. The first-order chi connectivity index (χ1) is 9.21. The van der Waals surface area contributed by atoms with Crippen LogP contribution in [0.2, 0.25) is 0 Å². The molecule has 1 unspecified atom stereocenters. The zero-order chi connectivity index (χ0) is 14.1. The minimum Gasteiger partial charge on any atom is -0.468 e. The number of esters is 1. The van der Waals surface area contributed by atoms with Crippen molar-refractivity contribution in [1.29, 1.82) is 0 Å². The molecule has 0 aromatic heterocycles. The zero-order valence-electron chi connectivity index (χ0n) is 12.4. The van der Waals surface area contributed by atoms with E-state index in [9.17, 15) is 4.79 Å². The van der Waals surface area contributed by atoms with E-state index < -0.39 is 5.54 Å². The molecular weight excluding hydrogens is 246 g/mol. The highest BCUT2D eigenvalue weighted by Crippen LogP contribution is 2.40. The number of methoxy groups -OCH3 is 1. The molecule has 1 aliphatic rings. The maximum absolute atomic E-state index is 12.1. The van der Waals surface area contributed by atoms with Gasteiger partial charge >= 0.3 is 5.97 Å². The molecule has 1 atom stereocenters. The quantitative estimate of drug-likeness (QED) is 0.455. The Labute approximate surface area is 116 Å². The van der Waals surface area contributed by atoms with Gasteiger partial charge in [-0.25, -0.2) is 4.79 Å². The lowest BCUT2D eigenvalue weighted by Crippen LogP contribution is -2.58. The smallest absolute Gasteiger partial charge is 0.328 e. The lowest BCUT2D eigenvalue weighted by atomic mass is 9.94. The van der Waals surface area contributed by atoms with Gasteiger partial charge in [0.05, 0.1) is 26.9 Å². The van der Waals surface area contributed by atoms with Crippen molar-refractivity contribution in [2.75, 3.05) is 40.1 Å². The molecule has 5 heteroatoms. The van der Waals surface area contributed by atoms with Crippen molar-refractivity contribution in [3.63, 3.8) is 0 Å². The van der Waals surface area contributed by atoms with Crippen LogP contribution in [0.3, 0.4) is 0 Å². The first kappa shape index (κ1) is 16.4. The van der Waals surface area contributed by atoms with Crippen molar-refractivity contribution in [3.05, 3.63) is 0 Å². The Morgan fingerprint density at radius 3 is 2.42 bits per heavy atom. The van der Waals surface area contributed by atoms with Crippen molar-refractivity contribution in [2.45, 2.75) is 38.6 Å². The molecule has 1 aliphatic carbocycles. The number of hydrogen-bond acceptors (Lipinski definition) is 5. The van der Waals surface area contributed by atoms with Gasteiger partial charge in [-0.05, 0) is 31.7 Å². The molecular formula is C14H27NO4. The van der Waals surface area contributed by atoms with Gasteiger partial charge in [-0.2, -0.15) is 0 Å². The van der Waals surface area contributed by atoms with Gasteiger partial charge in [-0.1, -0.05) is 13.8 Å². The summed E-state index contributed by atoms with van der Waals surface area (Å²) in [6.45, 7) is 6.97. The maximum Gasteiger partial charge on any atom is 0.328 e. The summed E-state index contributed by atoms with van der Waals surface area (Å²) in [5.41, 5.74) is -0.672. The summed E-state index contributed by atoms with van der Waals surface area (Å²) in [4.78, 5) is 12.1. The number of carbonyl (C=O) groups is 1. The third kappa shape index (κ3) is 4.75. The van der Waals surface area contributed by atoms with E-state index in [1.807, 2.05) is 6.92 Å². The highest BCUT2D eigenvalue weighted by Gasteiger charge is 2.51. The third-order valence-electron chi connectivity index (χ3n) is 3.37. The number of rotatable bonds is 11. The van der Waals surface area contributed by atoms with Crippen LogP contribution in [0.4, 0.5) is 0 Å². The first-order valence-electron chi connectivity index (χ1n) is 7.20. The van der Waals surface area contributed by atoms with Crippen molar-refractivity contribution in [2.24, 2.45) is 5.92 Å². The molecule has 1 fully saturated rings. The van der Waals surface area contributed by atoms with Crippen LogP contribution < -0.4 is 5.32 Å². The molecule has 0 bridgehead atoms. The minimum atomic E-state index is -0.672. The van der Waals surface area contributed by atoms with Crippen LogP contribution >= 0.6 is 0 Å². The molecule has 0 saturated heterocycles. The molecule has 19 heavy (non-hydrogen) atoms. The van der Waals surface area contributed by atoms with Crippen LogP contribution in [0, 0.1) is 5.92 Å². The Hall–Kier alpha value is -0.650. The number of hydrogen-bond donors (Lipinski definition) is 1. The summed E-state index contributed by atoms with van der Waals surface area (Å²) in [6.07, 6.45) is 3.11. The lowest BCUT2D eigenvalue weighted by Gasteiger charge is -2.31. The van der Waals surface area contributed by atoms with E-state index >= 15 is 0 Å². The van der Waals surface area contributed by atoms with Crippen LogP contribution in [0.5, 0.6) is 0 Å². The highest BCUT2D eigenvalue weighted by atomic mass is 16.5. The second-order valence-electron chi connectivity index (χ2n) is 4.93. The summed E-state index contributed by atoms with van der Waals surface area (Å²) in [5.74, 6) is 0.114. The predicted octanol–water partition coefficient (Wildman–Crippen LogP) is 1.36. The minimum absolute atomic E-state index is 0.216.